The molecule has 0 bridgehead atoms. The quantitative estimate of drug-likeness (QED) is 0.823. The molecule has 20 heavy (non-hydrogen) atoms. The van der Waals surface area contributed by atoms with Crippen LogP contribution in [0.1, 0.15) is 12.0 Å². The number of aliphatic carboxylic acids is 1. The number of rotatable bonds is 4. The van der Waals surface area contributed by atoms with E-state index in [4.69, 9.17) is 15.6 Å². The summed E-state index contributed by atoms with van der Waals surface area (Å²) in [6, 6.07) is 7.27. The number of amides is 1. The number of methoxy groups -OCH3 is 1. The highest BCUT2D eigenvalue weighted by Gasteiger charge is 2.42. The highest BCUT2D eigenvalue weighted by molar-refractivity contribution is 5.84. The van der Waals surface area contributed by atoms with Crippen LogP contribution in [-0.4, -0.2) is 47.6 Å². The number of benzene rings is 1. The molecule has 0 saturated carbocycles. The van der Waals surface area contributed by atoms with Gasteiger partial charge in [-0.2, -0.15) is 0 Å². The van der Waals surface area contributed by atoms with Crippen LogP contribution in [0.15, 0.2) is 24.3 Å². The third-order valence-electron chi connectivity index (χ3n) is 3.61. The van der Waals surface area contributed by atoms with Gasteiger partial charge in [0.15, 0.2) is 0 Å². The predicted octanol–water partition coefficient (Wildman–Crippen LogP) is 0.252. The molecular weight excluding hydrogens is 260 g/mol. The number of carbonyl (C=O) groups excluding carboxylic acids is 1. The zero-order chi connectivity index (χ0) is 14.8. The van der Waals surface area contributed by atoms with Crippen molar-refractivity contribution in [2.75, 3.05) is 20.2 Å². The fraction of sp³-hybridized carbons (Fsp3) is 0.429. The van der Waals surface area contributed by atoms with Crippen LogP contribution in [0.3, 0.4) is 0 Å². The van der Waals surface area contributed by atoms with Crippen LogP contribution in [0.5, 0.6) is 5.75 Å². The summed E-state index contributed by atoms with van der Waals surface area (Å²) < 4.78 is 5.20. The summed E-state index contributed by atoms with van der Waals surface area (Å²) in [7, 11) is 1.55. The number of para-hydroxylation sites is 1. The second-order valence-corrected chi connectivity index (χ2v) is 5.02. The molecule has 1 fully saturated rings. The summed E-state index contributed by atoms with van der Waals surface area (Å²) in [6.45, 7) is 0.424. The predicted molar refractivity (Wildman–Crippen MR) is 72.4 cm³/mol. The molecule has 0 aliphatic carbocycles. The van der Waals surface area contributed by atoms with Crippen molar-refractivity contribution in [2.24, 2.45) is 5.73 Å². The van der Waals surface area contributed by atoms with Crippen molar-refractivity contribution in [2.45, 2.75) is 18.4 Å². The highest BCUT2D eigenvalue weighted by Crippen LogP contribution is 2.22. The van der Waals surface area contributed by atoms with E-state index in [0.717, 1.165) is 5.56 Å². The van der Waals surface area contributed by atoms with Crippen LogP contribution in [0, 0.1) is 0 Å². The molecule has 6 heteroatoms. The molecule has 3 N–H and O–H groups in total. The van der Waals surface area contributed by atoms with Gasteiger partial charge >= 0.3 is 5.97 Å². The number of ether oxygens (including phenoxy) is 1. The lowest BCUT2D eigenvalue weighted by Gasteiger charge is -2.20. The fourth-order valence-electron chi connectivity index (χ4n) is 2.34. The van der Waals surface area contributed by atoms with Gasteiger partial charge in [0.25, 0.3) is 0 Å². The van der Waals surface area contributed by atoms with E-state index in [0.29, 0.717) is 12.3 Å². The normalized spacial score (nSPS) is 21.8. The topological polar surface area (TPSA) is 92.9 Å². The van der Waals surface area contributed by atoms with Crippen molar-refractivity contribution >= 4 is 11.9 Å². The van der Waals surface area contributed by atoms with Gasteiger partial charge in [-0.15, -0.1) is 0 Å². The van der Waals surface area contributed by atoms with Gasteiger partial charge in [-0.1, -0.05) is 18.2 Å². The lowest BCUT2D eigenvalue weighted by molar-refractivity contribution is -0.143. The summed E-state index contributed by atoms with van der Waals surface area (Å²) in [4.78, 5) is 24.8. The first-order chi connectivity index (χ1) is 9.46. The molecule has 1 aromatic rings. The van der Waals surface area contributed by atoms with Crippen LogP contribution in [0.25, 0.3) is 0 Å². The van der Waals surface area contributed by atoms with Crippen molar-refractivity contribution < 1.29 is 19.4 Å². The molecule has 0 aromatic heterocycles. The van der Waals surface area contributed by atoms with Gasteiger partial charge < -0.3 is 20.5 Å². The van der Waals surface area contributed by atoms with E-state index in [9.17, 15) is 9.59 Å². The van der Waals surface area contributed by atoms with Crippen molar-refractivity contribution in [1.82, 2.24) is 4.90 Å². The first-order valence-corrected chi connectivity index (χ1v) is 6.38. The lowest BCUT2D eigenvalue weighted by atomic mass is 10.0. The number of carbonyl (C=O) groups is 2. The van der Waals surface area contributed by atoms with Crippen molar-refractivity contribution in [3.05, 3.63) is 29.8 Å². The van der Waals surface area contributed by atoms with Crippen LogP contribution >= 0.6 is 0 Å². The molecule has 6 nitrogen and oxygen atoms in total. The molecule has 1 atom stereocenters. The number of hydrogen-bond acceptors (Lipinski definition) is 4. The van der Waals surface area contributed by atoms with E-state index < -0.39 is 11.5 Å². The first-order valence-electron chi connectivity index (χ1n) is 6.38. The zero-order valence-electron chi connectivity index (χ0n) is 11.3. The van der Waals surface area contributed by atoms with Gasteiger partial charge in [-0.05, 0) is 12.5 Å². The Labute approximate surface area is 117 Å². The molecule has 1 aliphatic heterocycles. The van der Waals surface area contributed by atoms with Crippen molar-refractivity contribution in [1.29, 1.82) is 0 Å². The number of nitrogens with zero attached hydrogens (tertiary/aromatic N) is 1. The molecule has 108 valence electrons. The second kappa shape index (κ2) is 5.50. The smallest absolute Gasteiger partial charge is 0.325 e. The summed E-state index contributed by atoms with van der Waals surface area (Å²) >= 11 is 0. The Morgan fingerprint density at radius 2 is 2.15 bits per heavy atom. The minimum Gasteiger partial charge on any atom is -0.496 e. The standard InChI is InChI=1S/C14H18N2O4/c1-20-11-5-3-2-4-10(11)8-12(17)16-7-6-14(15,9-16)13(18)19/h2-5H,6-9,15H2,1H3,(H,18,19). The third kappa shape index (κ3) is 2.75. The second-order valence-electron chi connectivity index (χ2n) is 5.02. The molecule has 2 rings (SSSR count). The SMILES string of the molecule is COc1ccccc1CC(=O)N1CCC(N)(C(=O)O)C1. The molecule has 1 aliphatic rings. The maximum atomic E-state index is 12.2. The molecule has 0 spiro atoms. The van der Waals surface area contributed by atoms with E-state index in [1.165, 1.54) is 4.90 Å². The zero-order valence-corrected chi connectivity index (χ0v) is 11.3. The van der Waals surface area contributed by atoms with Gasteiger partial charge in [0, 0.05) is 18.7 Å². The van der Waals surface area contributed by atoms with Gasteiger partial charge in [-0.3, -0.25) is 9.59 Å². The maximum Gasteiger partial charge on any atom is 0.325 e. The number of carboxylic acids is 1. The van der Waals surface area contributed by atoms with E-state index in [2.05, 4.69) is 0 Å². The summed E-state index contributed by atoms with van der Waals surface area (Å²) in [5, 5.41) is 9.06. The van der Waals surface area contributed by atoms with Gasteiger partial charge in [0.2, 0.25) is 5.91 Å². The third-order valence-corrected chi connectivity index (χ3v) is 3.61. The van der Waals surface area contributed by atoms with Crippen LogP contribution in [-0.2, 0) is 16.0 Å². The minimum atomic E-state index is -1.32. The monoisotopic (exact) mass is 278 g/mol. The number of hydrogen-bond donors (Lipinski definition) is 2. The van der Waals surface area contributed by atoms with Crippen molar-refractivity contribution in [3.63, 3.8) is 0 Å². The van der Waals surface area contributed by atoms with Crippen LogP contribution in [0.4, 0.5) is 0 Å². The Kier molecular flexibility index (Phi) is 3.94. The van der Waals surface area contributed by atoms with Gasteiger partial charge in [-0.25, -0.2) is 0 Å². The van der Waals surface area contributed by atoms with E-state index >= 15 is 0 Å². The van der Waals surface area contributed by atoms with Crippen molar-refractivity contribution in [3.8, 4) is 5.75 Å². The molecule has 1 aromatic carbocycles. The molecule has 1 amide bonds. The Morgan fingerprint density at radius 1 is 1.45 bits per heavy atom. The largest absolute Gasteiger partial charge is 0.496 e. The Bertz CT molecular complexity index is 532. The summed E-state index contributed by atoms with van der Waals surface area (Å²) in [5.41, 5.74) is 5.22. The Hall–Kier alpha value is -2.08. The van der Waals surface area contributed by atoms with Crippen LogP contribution < -0.4 is 10.5 Å². The van der Waals surface area contributed by atoms with Gasteiger partial charge in [0.1, 0.15) is 11.3 Å². The van der Waals surface area contributed by atoms with Crippen LogP contribution in [0.2, 0.25) is 0 Å². The summed E-state index contributed by atoms with van der Waals surface area (Å²) in [6.07, 6.45) is 0.458. The van der Waals surface area contributed by atoms with E-state index in [1.807, 2.05) is 18.2 Å². The highest BCUT2D eigenvalue weighted by atomic mass is 16.5. The molecular formula is C14H18N2O4. The van der Waals surface area contributed by atoms with E-state index in [-0.39, 0.29) is 25.3 Å². The molecule has 1 saturated heterocycles. The molecule has 1 unspecified atom stereocenters. The molecule has 1 heterocycles. The summed E-state index contributed by atoms with van der Waals surface area (Å²) in [5.74, 6) is -0.551. The number of carboxylic acid groups (broad SMARTS) is 1. The Morgan fingerprint density at radius 3 is 2.75 bits per heavy atom. The number of nitrogens with two attached hydrogens (primary N) is 1. The first kappa shape index (κ1) is 14.3. The minimum absolute atomic E-state index is 0.0519. The Balaban J connectivity index is 2.05. The van der Waals surface area contributed by atoms with Gasteiger partial charge in [0.05, 0.1) is 13.5 Å². The average molecular weight is 278 g/mol. The van der Waals surface area contributed by atoms with E-state index in [1.54, 1.807) is 13.2 Å². The lowest BCUT2D eigenvalue weighted by Crippen LogP contribution is -2.50. The maximum absolute atomic E-state index is 12.2. The number of likely N-dealkylation sites (tertiary alicyclic amines) is 1. The average Bonchev–Trinajstić information content (AvgIpc) is 2.83. The molecule has 0 radical (unpaired) electrons. The fourth-order valence-corrected chi connectivity index (χ4v) is 2.34.